The Morgan fingerprint density at radius 2 is 1.61 bits per heavy atom. The average Bonchev–Trinajstić information content (AvgIpc) is 3.53. The van der Waals surface area contributed by atoms with Crippen LogP contribution in [0.3, 0.4) is 0 Å². The van der Waals surface area contributed by atoms with Gasteiger partial charge in [-0.2, -0.15) is 0 Å². The van der Waals surface area contributed by atoms with E-state index in [4.69, 9.17) is 9.16 Å². The number of β-lactam (4-membered cyclic amide) rings is 1. The summed E-state index contributed by atoms with van der Waals surface area (Å²) in [5.41, 5.74) is 0. The van der Waals surface area contributed by atoms with Gasteiger partial charge in [0.25, 0.3) is 0 Å². The Balaban J connectivity index is 0.00000107. The summed E-state index contributed by atoms with van der Waals surface area (Å²) in [6, 6.07) is 0. The molecule has 0 aromatic rings. The van der Waals surface area contributed by atoms with Crippen molar-refractivity contribution in [2.75, 3.05) is 6.61 Å². The van der Waals surface area contributed by atoms with Gasteiger partial charge in [0.05, 0.1) is 12.0 Å². The second-order valence-electron chi connectivity index (χ2n) is 10.3. The number of nitrogens with zero attached hydrogens (tertiary/aromatic N) is 1. The minimum atomic E-state index is -2.21. The molecule has 206 valence electrons. The molecule has 1 aliphatic heterocycles. The van der Waals surface area contributed by atoms with Gasteiger partial charge in [0.1, 0.15) is 12.0 Å². The van der Waals surface area contributed by atoms with Gasteiger partial charge in [-0.25, -0.2) is 4.79 Å². The standard InChI is InChI=1S/C23H32NO6SSi.C5H5.Fe/c1-8-13-29-22(28)20(27)24-19(26)18(15(2)30-32(6,7)23(3,4)5)21(24)31-17(25)14-16-11-9-10-12-16;1-2-4-5-3-1;/h8-12,15,18,21H,1,13-14H2,2-7H3;1-5H;/q;;+2/t15-,18+,21-;;/m1../s1. The van der Waals surface area contributed by atoms with E-state index in [9.17, 15) is 19.2 Å². The maximum Gasteiger partial charge on any atom is 2.00 e. The summed E-state index contributed by atoms with van der Waals surface area (Å²) >= 11 is 0.889. The minimum absolute atomic E-state index is 0. The third kappa shape index (κ3) is 9.61. The third-order valence-corrected chi connectivity index (χ3v) is 12.2. The molecule has 0 N–H and O–H groups in total. The molecule has 2 saturated carbocycles. The number of ether oxygens (including phenoxy) is 1. The van der Waals surface area contributed by atoms with Gasteiger partial charge < -0.3 is 9.16 Å². The molecule has 0 spiro atoms. The van der Waals surface area contributed by atoms with Gasteiger partial charge in [0, 0.05) is 6.42 Å². The Bertz CT molecular complexity index is 828. The molecule has 2 amide bonds. The van der Waals surface area contributed by atoms with Crippen LogP contribution in [0.2, 0.25) is 18.1 Å². The van der Waals surface area contributed by atoms with E-state index < -0.39 is 43.5 Å². The van der Waals surface area contributed by atoms with E-state index in [1.807, 2.05) is 57.8 Å². The van der Waals surface area contributed by atoms with Crippen LogP contribution in [0.1, 0.15) is 34.1 Å². The number of hydrogen-bond acceptors (Lipinski definition) is 7. The van der Waals surface area contributed by atoms with Crippen LogP contribution in [-0.4, -0.2) is 54.2 Å². The molecule has 3 atom stereocenters. The van der Waals surface area contributed by atoms with Crippen LogP contribution in [0.25, 0.3) is 0 Å². The normalized spacial score (nSPS) is 22.5. The summed E-state index contributed by atoms with van der Waals surface area (Å²) in [4.78, 5) is 51.2. The molecule has 3 fully saturated rings. The van der Waals surface area contributed by atoms with Crippen molar-refractivity contribution >= 4 is 43.0 Å². The first-order valence-corrected chi connectivity index (χ1v) is 16.0. The zero-order valence-corrected chi connectivity index (χ0v) is 25.7. The smallest absolute Gasteiger partial charge is 0.454 e. The summed E-state index contributed by atoms with van der Waals surface area (Å²) in [5, 5.41) is -1.10. The number of esters is 1. The van der Waals surface area contributed by atoms with Crippen molar-refractivity contribution in [3.63, 3.8) is 0 Å². The van der Waals surface area contributed by atoms with Gasteiger partial charge in [-0.1, -0.05) is 45.2 Å². The van der Waals surface area contributed by atoms with Crippen molar-refractivity contribution in [1.82, 2.24) is 4.90 Å². The number of carbonyl (C=O) groups excluding carboxylic acids is 4. The molecule has 0 aromatic carbocycles. The number of rotatable bonds is 8. The molecule has 3 aliphatic rings. The third-order valence-electron chi connectivity index (χ3n) is 6.49. The zero-order chi connectivity index (χ0) is 27.8. The predicted molar refractivity (Wildman–Crippen MR) is 147 cm³/mol. The van der Waals surface area contributed by atoms with Gasteiger partial charge in [-0.3, -0.25) is 19.3 Å². The van der Waals surface area contributed by atoms with Crippen LogP contribution in [-0.2, 0) is 45.4 Å². The fraction of sp³-hybridized carbons (Fsp3) is 0.429. The second-order valence-corrected chi connectivity index (χ2v) is 16.3. The molecule has 0 unspecified atom stereocenters. The Kier molecular flexibility index (Phi) is 14.5. The first-order chi connectivity index (χ1) is 17.3. The van der Waals surface area contributed by atoms with Crippen molar-refractivity contribution in [3.8, 4) is 0 Å². The van der Waals surface area contributed by atoms with Crippen LogP contribution < -0.4 is 0 Å². The summed E-state index contributed by atoms with van der Waals surface area (Å²) < 4.78 is 11.2. The Hall–Kier alpha value is -0.934. The van der Waals surface area contributed by atoms with Gasteiger partial charge in [-0.15, -0.1) is 0 Å². The van der Waals surface area contributed by atoms with Crippen LogP contribution in [0.4, 0.5) is 0 Å². The van der Waals surface area contributed by atoms with E-state index in [1.54, 1.807) is 6.92 Å². The van der Waals surface area contributed by atoms with Crippen molar-refractivity contribution in [1.29, 1.82) is 0 Å². The first kappa shape index (κ1) is 35.1. The maximum atomic E-state index is 13.0. The molecule has 0 bridgehead atoms. The summed E-state index contributed by atoms with van der Waals surface area (Å²) in [6.45, 7) is 15.5. The summed E-state index contributed by atoms with van der Waals surface area (Å²) in [5.74, 6) is -2.63. The minimum Gasteiger partial charge on any atom is -0.454 e. The topological polar surface area (TPSA) is 90.0 Å². The van der Waals surface area contributed by atoms with E-state index in [0.717, 1.165) is 22.6 Å². The molecular weight excluding hydrogens is 562 g/mol. The molecule has 10 heteroatoms. The Morgan fingerprint density at radius 3 is 2.08 bits per heavy atom. The predicted octanol–water partition coefficient (Wildman–Crippen LogP) is 4.51. The fourth-order valence-corrected chi connectivity index (χ4v) is 6.20. The van der Waals surface area contributed by atoms with Crippen LogP contribution in [0.5, 0.6) is 0 Å². The molecule has 0 aromatic heterocycles. The SMILES string of the molecule is C=CCOC(=O)C(=O)N1C(=O)[C@H]([C@@H](C)O[Si](C)(C)C(C)(C)C)[C@H]1SC(=O)C[C]1[CH][CH][CH][CH]1.[CH]1[CH][CH][CH][CH]1.[Fe+2]. The largest absolute Gasteiger partial charge is 2.00 e. The maximum absolute atomic E-state index is 13.0. The number of thioether (sulfide) groups is 1. The van der Waals surface area contributed by atoms with Gasteiger partial charge in [0.15, 0.2) is 13.4 Å². The molecule has 10 radical (unpaired) electrons. The quantitative estimate of drug-likeness (QED) is 0.133. The van der Waals surface area contributed by atoms with E-state index in [-0.39, 0.29) is 40.2 Å². The molecule has 3 rings (SSSR count). The monoisotopic (exact) mass is 599 g/mol. The molecule has 2 aliphatic carbocycles. The number of imide groups is 1. The zero-order valence-electron chi connectivity index (χ0n) is 22.8. The molecule has 1 saturated heterocycles. The van der Waals surface area contributed by atoms with Crippen molar-refractivity contribution in [3.05, 3.63) is 76.4 Å². The van der Waals surface area contributed by atoms with E-state index >= 15 is 0 Å². The van der Waals surface area contributed by atoms with Gasteiger partial charge >= 0.3 is 28.9 Å². The Labute approximate surface area is 245 Å². The van der Waals surface area contributed by atoms with E-state index in [1.165, 1.54) is 6.08 Å². The average molecular weight is 600 g/mol. The fourth-order valence-electron chi connectivity index (χ4n) is 3.47. The molecule has 38 heavy (non-hydrogen) atoms. The van der Waals surface area contributed by atoms with Crippen molar-refractivity contribution in [2.24, 2.45) is 5.92 Å². The molecule has 7 nitrogen and oxygen atoms in total. The van der Waals surface area contributed by atoms with E-state index in [0.29, 0.717) is 0 Å². The molecule has 1 heterocycles. The van der Waals surface area contributed by atoms with Crippen LogP contribution in [0, 0.1) is 69.6 Å². The second kappa shape index (κ2) is 15.7. The van der Waals surface area contributed by atoms with Crippen molar-refractivity contribution in [2.45, 2.75) is 63.7 Å². The van der Waals surface area contributed by atoms with Gasteiger partial charge in [0.2, 0.25) is 5.91 Å². The van der Waals surface area contributed by atoms with Crippen LogP contribution in [0.15, 0.2) is 12.7 Å². The number of carbonyl (C=O) groups is 4. The van der Waals surface area contributed by atoms with Crippen molar-refractivity contribution < 1.29 is 45.4 Å². The Morgan fingerprint density at radius 1 is 1.08 bits per heavy atom. The molecular formula is C28H37FeNO6SSi+2. The number of amides is 2. The number of likely N-dealkylation sites (tertiary alicyclic amines) is 1. The van der Waals surface area contributed by atoms with E-state index in [2.05, 4.69) is 40.4 Å². The summed E-state index contributed by atoms with van der Waals surface area (Å²) in [6.07, 6.45) is 18.3. The number of hydrogen-bond donors (Lipinski definition) is 0. The van der Waals surface area contributed by atoms with Crippen LogP contribution >= 0.6 is 11.8 Å². The van der Waals surface area contributed by atoms with Gasteiger partial charge in [-0.05, 0) is 88.8 Å². The first-order valence-electron chi connectivity index (χ1n) is 12.2. The summed E-state index contributed by atoms with van der Waals surface area (Å²) in [7, 11) is -2.21.